The van der Waals surface area contributed by atoms with Crippen molar-refractivity contribution in [3.8, 4) is 0 Å². The zero-order valence-corrected chi connectivity index (χ0v) is 10.3. The summed E-state index contributed by atoms with van der Waals surface area (Å²) < 4.78 is 1.77. The fourth-order valence-electron chi connectivity index (χ4n) is 1.67. The third-order valence-corrected chi connectivity index (χ3v) is 2.55. The maximum atomic E-state index is 11.9. The number of aliphatic hydroxyl groups is 1. The van der Waals surface area contributed by atoms with E-state index in [1.807, 2.05) is 6.92 Å². The molecule has 3 N–H and O–H groups in total. The monoisotopic (exact) mass is 254 g/mol. The van der Waals surface area contributed by atoms with E-state index in [0.29, 0.717) is 12.2 Å². The van der Waals surface area contributed by atoms with E-state index in [0.717, 1.165) is 6.42 Å². The summed E-state index contributed by atoms with van der Waals surface area (Å²) in [6, 6.07) is 2.32. The van der Waals surface area contributed by atoms with Gasteiger partial charge in [0.15, 0.2) is 0 Å². The number of aryl methyl sites for hydroxylation is 1. The summed E-state index contributed by atoms with van der Waals surface area (Å²) in [6.07, 6.45) is 2.66. The Balaban J connectivity index is 2.74. The van der Waals surface area contributed by atoms with Gasteiger partial charge < -0.3 is 20.1 Å². The predicted octanol–water partition coefficient (Wildman–Crippen LogP) is 0.463. The van der Waals surface area contributed by atoms with E-state index in [2.05, 4.69) is 5.32 Å². The van der Waals surface area contributed by atoms with Crippen molar-refractivity contribution >= 4 is 11.9 Å². The molecule has 0 aliphatic rings. The summed E-state index contributed by atoms with van der Waals surface area (Å²) in [5, 5.41) is 20.0. The van der Waals surface area contributed by atoms with Crippen LogP contribution in [0.4, 0.5) is 0 Å². The first-order chi connectivity index (χ1) is 8.60. The molecule has 100 valence electrons. The molecule has 0 saturated carbocycles. The molecule has 0 saturated heterocycles. The van der Waals surface area contributed by atoms with Crippen molar-refractivity contribution in [3.05, 3.63) is 24.0 Å². The highest BCUT2D eigenvalue weighted by atomic mass is 16.4. The first-order valence-electron chi connectivity index (χ1n) is 5.89. The van der Waals surface area contributed by atoms with Crippen LogP contribution in [0.2, 0.25) is 0 Å². The van der Waals surface area contributed by atoms with Gasteiger partial charge in [0.25, 0.3) is 5.91 Å². The Hall–Kier alpha value is -1.82. The first kappa shape index (κ1) is 14.2. The van der Waals surface area contributed by atoms with Crippen LogP contribution >= 0.6 is 0 Å². The normalized spacial score (nSPS) is 12.1. The molecule has 0 unspecified atom stereocenters. The first-order valence-corrected chi connectivity index (χ1v) is 5.89. The van der Waals surface area contributed by atoms with Crippen LogP contribution in [0.3, 0.4) is 0 Å². The van der Waals surface area contributed by atoms with Crippen LogP contribution < -0.4 is 5.32 Å². The van der Waals surface area contributed by atoms with Gasteiger partial charge in [-0.05, 0) is 18.6 Å². The molecule has 1 aromatic rings. The summed E-state index contributed by atoms with van der Waals surface area (Å²) >= 11 is 0. The maximum absolute atomic E-state index is 11.9. The molecule has 1 aromatic heterocycles. The van der Waals surface area contributed by atoms with Crippen LogP contribution in [0, 0.1) is 0 Å². The van der Waals surface area contributed by atoms with E-state index in [-0.39, 0.29) is 13.0 Å². The van der Waals surface area contributed by atoms with E-state index < -0.39 is 17.9 Å². The van der Waals surface area contributed by atoms with Crippen LogP contribution in [-0.4, -0.2) is 39.3 Å². The van der Waals surface area contributed by atoms with Crippen molar-refractivity contribution in [1.82, 2.24) is 9.88 Å². The Bertz CT molecular complexity index is 414. The summed E-state index contributed by atoms with van der Waals surface area (Å²) in [4.78, 5) is 22.8. The lowest BCUT2D eigenvalue weighted by Gasteiger charge is -2.14. The number of nitrogens with one attached hydrogen (secondary N) is 1. The maximum Gasteiger partial charge on any atom is 0.326 e. The molecule has 1 amide bonds. The van der Waals surface area contributed by atoms with E-state index in [9.17, 15) is 9.59 Å². The minimum absolute atomic E-state index is 0.00441. The second-order valence-corrected chi connectivity index (χ2v) is 3.96. The fourth-order valence-corrected chi connectivity index (χ4v) is 1.67. The van der Waals surface area contributed by atoms with Gasteiger partial charge in [-0.3, -0.25) is 4.79 Å². The average Bonchev–Trinajstić information content (AvgIpc) is 2.77. The molecule has 0 fully saturated rings. The van der Waals surface area contributed by atoms with Gasteiger partial charge in [-0.25, -0.2) is 4.79 Å². The number of nitrogens with zero attached hydrogens (tertiary/aromatic N) is 1. The van der Waals surface area contributed by atoms with Crippen molar-refractivity contribution < 1.29 is 19.8 Å². The molecule has 1 rings (SSSR count). The number of amides is 1. The Morgan fingerprint density at radius 2 is 2.22 bits per heavy atom. The van der Waals surface area contributed by atoms with Gasteiger partial charge in [0, 0.05) is 25.8 Å². The average molecular weight is 254 g/mol. The Morgan fingerprint density at radius 1 is 1.50 bits per heavy atom. The molecule has 6 heteroatoms. The molecule has 0 radical (unpaired) electrons. The van der Waals surface area contributed by atoms with Crippen molar-refractivity contribution in [3.63, 3.8) is 0 Å². The zero-order valence-electron chi connectivity index (χ0n) is 10.3. The topological polar surface area (TPSA) is 91.6 Å². The minimum atomic E-state index is -1.15. The smallest absolute Gasteiger partial charge is 0.326 e. The van der Waals surface area contributed by atoms with Gasteiger partial charge in [0.1, 0.15) is 11.7 Å². The van der Waals surface area contributed by atoms with Crippen LogP contribution in [0.15, 0.2) is 18.3 Å². The lowest BCUT2D eigenvalue weighted by Crippen LogP contribution is -2.42. The van der Waals surface area contributed by atoms with Gasteiger partial charge in [-0.1, -0.05) is 6.92 Å². The van der Waals surface area contributed by atoms with Gasteiger partial charge in [-0.15, -0.1) is 0 Å². The van der Waals surface area contributed by atoms with Gasteiger partial charge >= 0.3 is 5.97 Å². The molecule has 1 heterocycles. The Kier molecular flexibility index (Phi) is 5.38. The third-order valence-electron chi connectivity index (χ3n) is 2.55. The number of aliphatic hydroxyl groups excluding tert-OH is 1. The summed E-state index contributed by atoms with van der Waals surface area (Å²) in [7, 11) is 0. The van der Waals surface area contributed by atoms with Crippen molar-refractivity contribution in [1.29, 1.82) is 0 Å². The fraction of sp³-hybridized carbons (Fsp3) is 0.500. The zero-order chi connectivity index (χ0) is 13.5. The molecule has 0 bridgehead atoms. The minimum Gasteiger partial charge on any atom is -0.480 e. The molecule has 0 aliphatic heterocycles. The molecule has 0 aromatic carbocycles. The number of rotatable bonds is 7. The van der Waals surface area contributed by atoms with Crippen LogP contribution in [0.1, 0.15) is 30.3 Å². The van der Waals surface area contributed by atoms with Crippen LogP contribution in [0.25, 0.3) is 0 Å². The van der Waals surface area contributed by atoms with Gasteiger partial charge in [-0.2, -0.15) is 0 Å². The molecule has 6 nitrogen and oxygen atoms in total. The Morgan fingerprint density at radius 3 is 2.78 bits per heavy atom. The number of aliphatic carboxylic acids is 1. The van der Waals surface area contributed by atoms with E-state index >= 15 is 0 Å². The SMILES string of the molecule is CCCn1cccc1C(=O)N[C@H](CCO)C(=O)O. The lowest BCUT2D eigenvalue weighted by atomic mass is 10.2. The van der Waals surface area contributed by atoms with Crippen molar-refractivity contribution in [2.75, 3.05) is 6.61 Å². The summed E-state index contributed by atoms with van der Waals surface area (Å²) in [5.41, 5.74) is 0.432. The quantitative estimate of drug-likeness (QED) is 0.659. The van der Waals surface area contributed by atoms with E-state index in [4.69, 9.17) is 10.2 Å². The largest absolute Gasteiger partial charge is 0.480 e. The highest BCUT2D eigenvalue weighted by Gasteiger charge is 2.21. The van der Waals surface area contributed by atoms with Crippen molar-refractivity contribution in [2.45, 2.75) is 32.4 Å². The van der Waals surface area contributed by atoms with Crippen LogP contribution in [-0.2, 0) is 11.3 Å². The standard InChI is InChI=1S/C12H18N2O4/c1-2-6-14-7-3-4-10(14)11(16)13-9(5-8-15)12(17)18/h3-4,7,9,15H,2,5-6,8H2,1H3,(H,13,16)(H,17,18)/t9-/m1/s1. The second kappa shape index (κ2) is 6.80. The molecular weight excluding hydrogens is 236 g/mol. The predicted molar refractivity (Wildman–Crippen MR) is 65.3 cm³/mol. The van der Waals surface area contributed by atoms with Gasteiger partial charge in [0.05, 0.1) is 0 Å². The highest BCUT2D eigenvalue weighted by molar-refractivity contribution is 5.95. The second-order valence-electron chi connectivity index (χ2n) is 3.96. The molecule has 1 atom stereocenters. The number of hydrogen-bond acceptors (Lipinski definition) is 3. The number of carbonyl (C=O) groups excluding carboxylic acids is 1. The molecular formula is C12H18N2O4. The molecule has 18 heavy (non-hydrogen) atoms. The Labute approximate surface area is 105 Å². The van der Waals surface area contributed by atoms with E-state index in [1.54, 1.807) is 22.9 Å². The number of aromatic nitrogens is 1. The van der Waals surface area contributed by atoms with Gasteiger partial charge in [0.2, 0.25) is 0 Å². The van der Waals surface area contributed by atoms with Crippen molar-refractivity contribution in [2.24, 2.45) is 0 Å². The van der Waals surface area contributed by atoms with E-state index in [1.165, 1.54) is 0 Å². The van der Waals surface area contributed by atoms with Crippen LogP contribution in [0.5, 0.6) is 0 Å². The highest BCUT2D eigenvalue weighted by Crippen LogP contribution is 2.05. The number of hydrogen-bond donors (Lipinski definition) is 3. The number of carboxylic acids is 1. The summed E-state index contributed by atoms with van der Waals surface area (Å²) in [5.74, 6) is -1.58. The summed E-state index contributed by atoms with van der Waals surface area (Å²) in [6.45, 7) is 2.41. The lowest BCUT2D eigenvalue weighted by molar-refractivity contribution is -0.139. The third kappa shape index (κ3) is 3.59. The molecule has 0 spiro atoms. The number of carboxylic acid groups (broad SMARTS) is 1. The molecule has 0 aliphatic carbocycles. The number of carbonyl (C=O) groups is 2.